The highest BCUT2D eigenvalue weighted by atomic mass is 16.5. The topological polar surface area (TPSA) is 55.4 Å². The molecule has 0 radical (unpaired) electrons. The number of rotatable bonds is 3. The van der Waals surface area contributed by atoms with Crippen molar-refractivity contribution in [2.75, 3.05) is 7.11 Å². The first-order chi connectivity index (χ1) is 14.0. The van der Waals surface area contributed by atoms with E-state index in [1.165, 1.54) is 12.7 Å². The molecule has 2 aliphatic rings. The molecule has 1 N–H and O–H groups in total. The summed E-state index contributed by atoms with van der Waals surface area (Å²) in [5.74, 6) is -0.568. The van der Waals surface area contributed by atoms with Crippen LogP contribution in [0.5, 0.6) is 0 Å². The fourth-order valence-electron chi connectivity index (χ4n) is 4.47. The number of allylic oxidation sites excluding steroid dienone is 3. The van der Waals surface area contributed by atoms with Gasteiger partial charge in [-0.3, -0.25) is 4.79 Å². The minimum Gasteiger partial charge on any atom is -0.466 e. The van der Waals surface area contributed by atoms with Crippen LogP contribution in [0.4, 0.5) is 0 Å². The number of Topliss-reactive ketones (excluding diaryl/α,β-unsaturated/α-hetero) is 1. The van der Waals surface area contributed by atoms with E-state index >= 15 is 0 Å². The smallest absolute Gasteiger partial charge is 0.336 e. The Morgan fingerprint density at radius 2 is 1.66 bits per heavy atom. The summed E-state index contributed by atoms with van der Waals surface area (Å²) in [7, 11) is 1.38. The lowest BCUT2D eigenvalue weighted by molar-refractivity contribution is -0.136. The lowest BCUT2D eigenvalue weighted by Crippen LogP contribution is -2.36. The Hall–Kier alpha value is -3.14. The minimum atomic E-state index is -0.400. The van der Waals surface area contributed by atoms with Crippen LogP contribution < -0.4 is 5.32 Å². The van der Waals surface area contributed by atoms with Gasteiger partial charge in [0, 0.05) is 29.3 Å². The first-order valence-electron chi connectivity index (χ1n) is 9.93. The number of benzene rings is 2. The summed E-state index contributed by atoms with van der Waals surface area (Å²) < 4.78 is 5.07. The van der Waals surface area contributed by atoms with Gasteiger partial charge in [0.05, 0.1) is 12.7 Å². The highest BCUT2D eigenvalue weighted by Crippen LogP contribution is 2.45. The van der Waals surface area contributed by atoms with Gasteiger partial charge in [-0.15, -0.1) is 0 Å². The fourth-order valence-corrected chi connectivity index (χ4v) is 4.47. The van der Waals surface area contributed by atoms with Crippen molar-refractivity contribution in [1.82, 2.24) is 5.32 Å². The number of ether oxygens (including phenoxy) is 1. The summed E-state index contributed by atoms with van der Waals surface area (Å²) in [5, 5.41) is 3.36. The van der Waals surface area contributed by atoms with Crippen molar-refractivity contribution in [3.05, 3.63) is 93.8 Å². The Morgan fingerprint density at radius 3 is 2.31 bits per heavy atom. The number of ketones is 1. The second-order valence-corrected chi connectivity index (χ2v) is 7.83. The number of hydrogen-bond acceptors (Lipinski definition) is 4. The van der Waals surface area contributed by atoms with E-state index in [0.29, 0.717) is 17.6 Å². The Bertz CT molecular complexity index is 1020. The number of hydrogen-bond donors (Lipinski definition) is 1. The molecule has 0 bridgehead atoms. The van der Waals surface area contributed by atoms with Crippen LogP contribution >= 0.6 is 0 Å². The molecule has 148 valence electrons. The zero-order chi connectivity index (χ0) is 20.5. The minimum absolute atomic E-state index is 0.0899. The van der Waals surface area contributed by atoms with Gasteiger partial charge in [-0.2, -0.15) is 0 Å². The summed E-state index contributed by atoms with van der Waals surface area (Å²) in [6.45, 7) is 3.91. The van der Waals surface area contributed by atoms with Gasteiger partial charge in [0.25, 0.3) is 0 Å². The molecule has 1 heterocycles. The van der Waals surface area contributed by atoms with Gasteiger partial charge in [0.15, 0.2) is 5.78 Å². The molecule has 2 aromatic carbocycles. The number of carbonyl (C=O) groups excluding carboxylic acids is 2. The lowest BCUT2D eigenvalue weighted by Gasteiger charge is -2.36. The van der Waals surface area contributed by atoms with Gasteiger partial charge in [-0.05, 0) is 37.3 Å². The molecule has 0 saturated heterocycles. The van der Waals surface area contributed by atoms with Crippen LogP contribution in [0.25, 0.3) is 0 Å². The van der Waals surface area contributed by atoms with Crippen LogP contribution in [0, 0.1) is 6.92 Å². The third-order valence-corrected chi connectivity index (χ3v) is 5.91. The summed E-state index contributed by atoms with van der Waals surface area (Å²) >= 11 is 0. The molecule has 4 rings (SSSR count). The molecular weight excluding hydrogens is 362 g/mol. The quantitative estimate of drug-likeness (QED) is 0.786. The summed E-state index contributed by atoms with van der Waals surface area (Å²) in [6, 6.07) is 18.2. The maximum Gasteiger partial charge on any atom is 0.336 e. The van der Waals surface area contributed by atoms with E-state index in [-0.39, 0.29) is 11.7 Å². The van der Waals surface area contributed by atoms with Crippen molar-refractivity contribution in [3.8, 4) is 0 Å². The predicted molar refractivity (Wildman–Crippen MR) is 112 cm³/mol. The molecule has 2 aromatic rings. The zero-order valence-corrected chi connectivity index (χ0v) is 17.0. The van der Waals surface area contributed by atoms with E-state index in [2.05, 4.69) is 17.4 Å². The molecule has 29 heavy (non-hydrogen) atoms. The van der Waals surface area contributed by atoms with E-state index in [1.807, 2.05) is 56.3 Å². The van der Waals surface area contributed by atoms with Gasteiger partial charge >= 0.3 is 5.97 Å². The Labute approximate surface area is 171 Å². The van der Waals surface area contributed by atoms with Crippen molar-refractivity contribution in [3.63, 3.8) is 0 Å². The molecule has 0 spiro atoms. The third kappa shape index (κ3) is 3.51. The monoisotopic (exact) mass is 387 g/mol. The average Bonchev–Trinajstić information content (AvgIpc) is 2.73. The van der Waals surface area contributed by atoms with Crippen LogP contribution in [0.1, 0.15) is 48.3 Å². The van der Waals surface area contributed by atoms with E-state index in [1.54, 1.807) is 0 Å². The molecule has 4 nitrogen and oxygen atoms in total. The first kappa shape index (κ1) is 19.2. The van der Waals surface area contributed by atoms with Crippen LogP contribution in [0.3, 0.4) is 0 Å². The molecule has 1 aliphatic heterocycles. The zero-order valence-electron chi connectivity index (χ0n) is 17.0. The normalized spacial score (nSPS) is 21.6. The summed E-state index contributed by atoms with van der Waals surface area (Å²) in [4.78, 5) is 26.0. The Morgan fingerprint density at radius 1 is 0.966 bits per heavy atom. The largest absolute Gasteiger partial charge is 0.466 e. The number of esters is 1. The summed E-state index contributed by atoms with van der Waals surface area (Å²) in [6.07, 6.45) is 1.19. The van der Waals surface area contributed by atoms with Gasteiger partial charge < -0.3 is 10.1 Å². The van der Waals surface area contributed by atoms with Crippen LogP contribution in [0.15, 0.2) is 77.1 Å². The third-order valence-electron chi connectivity index (χ3n) is 5.91. The maximum absolute atomic E-state index is 13.4. The molecular formula is C25H25NO3. The van der Waals surface area contributed by atoms with Gasteiger partial charge in [0.2, 0.25) is 0 Å². The maximum atomic E-state index is 13.4. The molecule has 0 saturated carbocycles. The van der Waals surface area contributed by atoms with Crippen molar-refractivity contribution in [2.24, 2.45) is 0 Å². The average molecular weight is 387 g/mol. The Kier molecular flexibility index (Phi) is 5.10. The molecule has 2 atom stereocenters. The number of dihydropyridines is 1. The van der Waals surface area contributed by atoms with Gasteiger partial charge in [-0.1, -0.05) is 60.2 Å². The van der Waals surface area contributed by atoms with Crippen LogP contribution in [-0.4, -0.2) is 18.9 Å². The van der Waals surface area contributed by atoms with E-state index < -0.39 is 11.9 Å². The van der Waals surface area contributed by atoms with Crippen LogP contribution in [-0.2, 0) is 14.3 Å². The van der Waals surface area contributed by atoms with E-state index in [0.717, 1.165) is 28.9 Å². The SMILES string of the molecule is COC(=O)C1=C(C)NC2=C(C(=O)C[C@@H](c3ccccc3)C2)[C@@H]1c1ccc(C)cc1. The second-order valence-electron chi connectivity index (χ2n) is 7.83. The molecule has 0 aromatic heterocycles. The van der Waals surface area contributed by atoms with E-state index in [4.69, 9.17) is 4.74 Å². The van der Waals surface area contributed by atoms with Crippen molar-refractivity contribution in [1.29, 1.82) is 0 Å². The fraction of sp³-hybridized carbons (Fsp3) is 0.280. The number of nitrogens with one attached hydrogen (secondary N) is 1. The van der Waals surface area contributed by atoms with Crippen LogP contribution in [0.2, 0.25) is 0 Å². The molecule has 0 amide bonds. The van der Waals surface area contributed by atoms with Crippen molar-refractivity contribution < 1.29 is 14.3 Å². The summed E-state index contributed by atoms with van der Waals surface area (Å²) in [5.41, 5.74) is 6.14. The second kappa shape index (κ2) is 7.70. The Balaban J connectivity index is 1.81. The first-order valence-corrected chi connectivity index (χ1v) is 9.93. The number of carbonyl (C=O) groups is 2. The van der Waals surface area contributed by atoms with Gasteiger partial charge in [0.1, 0.15) is 0 Å². The van der Waals surface area contributed by atoms with Crippen molar-refractivity contribution in [2.45, 2.75) is 38.5 Å². The van der Waals surface area contributed by atoms with Crippen molar-refractivity contribution >= 4 is 11.8 Å². The molecule has 4 heteroatoms. The highest BCUT2D eigenvalue weighted by molar-refractivity contribution is 6.04. The molecule has 0 unspecified atom stereocenters. The van der Waals surface area contributed by atoms with Gasteiger partial charge in [-0.25, -0.2) is 4.79 Å². The standard InChI is InChI=1S/C25H25NO3/c1-15-9-11-18(12-10-15)23-22(25(28)29-3)16(2)26-20-13-19(14-21(27)24(20)23)17-7-5-4-6-8-17/h4-12,19,23,26H,13-14H2,1-3H3/t19-,23+/m0/s1. The lowest BCUT2D eigenvalue weighted by atomic mass is 9.71. The number of methoxy groups -OCH3 is 1. The predicted octanol–water partition coefficient (Wildman–Crippen LogP) is 4.53. The highest BCUT2D eigenvalue weighted by Gasteiger charge is 2.41. The molecule has 0 fully saturated rings. The van der Waals surface area contributed by atoms with E-state index in [9.17, 15) is 9.59 Å². The molecule has 1 aliphatic carbocycles. The number of aryl methyl sites for hydroxylation is 1.